The molecule has 1 aromatic rings. The van der Waals surface area contributed by atoms with Gasteiger partial charge in [-0.3, -0.25) is 5.26 Å². The van der Waals surface area contributed by atoms with Gasteiger partial charge in [0, 0.05) is 10.7 Å². The normalized spacial score (nSPS) is 11.6. The van der Waals surface area contributed by atoms with Crippen molar-refractivity contribution in [2.24, 2.45) is 0 Å². The van der Waals surface area contributed by atoms with E-state index in [4.69, 9.17) is 15.9 Å². The predicted molar refractivity (Wildman–Crippen MR) is 51.6 cm³/mol. The minimum absolute atomic E-state index is 0.0358. The van der Waals surface area contributed by atoms with E-state index < -0.39 is 9.05 Å². The van der Waals surface area contributed by atoms with Crippen LogP contribution in [0.15, 0.2) is 23.1 Å². The molecule has 4 nitrogen and oxygen atoms in total. The summed E-state index contributed by atoms with van der Waals surface area (Å²) in [5.41, 5.74) is 1.06. The van der Waals surface area contributed by atoms with E-state index in [1.54, 1.807) is 13.0 Å². The summed E-state index contributed by atoms with van der Waals surface area (Å²) in [7, 11) is 1.47. The minimum atomic E-state index is -3.74. The molecule has 0 unspecified atom stereocenters. The van der Waals surface area contributed by atoms with Crippen LogP contribution in [0.5, 0.6) is 0 Å². The fourth-order valence-corrected chi connectivity index (χ4v) is 2.39. The molecule has 0 fully saturated rings. The molecule has 6 heteroatoms. The lowest BCUT2D eigenvalue weighted by atomic mass is 10.1. The Morgan fingerprint density at radius 2 is 2.14 bits per heavy atom. The SMILES string of the molecule is Cc1c(COO)cccc1S(=O)(=O)Cl. The van der Waals surface area contributed by atoms with E-state index in [0.29, 0.717) is 11.1 Å². The van der Waals surface area contributed by atoms with Crippen LogP contribution < -0.4 is 0 Å². The monoisotopic (exact) mass is 236 g/mol. The van der Waals surface area contributed by atoms with E-state index in [2.05, 4.69) is 4.89 Å². The number of rotatable bonds is 3. The summed E-state index contributed by atoms with van der Waals surface area (Å²) in [5.74, 6) is 0. The van der Waals surface area contributed by atoms with Crippen LogP contribution in [0.1, 0.15) is 11.1 Å². The Labute approximate surface area is 86.4 Å². The zero-order chi connectivity index (χ0) is 10.8. The minimum Gasteiger partial charge on any atom is -0.251 e. The summed E-state index contributed by atoms with van der Waals surface area (Å²) in [5, 5.41) is 8.26. The molecule has 0 aliphatic heterocycles. The first-order valence-corrected chi connectivity index (χ1v) is 6.07. The Bertz CT molecular complexity index is 427. The first kappa shape index (κ1) is 11.5. The second-order valence-corrected chi connectivity index (χ2v) is 5.29. The van der Waals surface area contributed by atoms with Gasteiger partial charge >= 0.3 is 0 Å². The molecule has 0 aliphatic carbocycles. The standard InChI is InChI=1S/C8H9ClO4S/c1-6-7(5-13-10)3-2-4-8(6)14(9,11)12/h2-4,10H,5H2,1H3. The summed E-state index contributed by atoms with van der Waals surface area (Å²) in [6, 6.07) is 4.59. The lowest BCUT2D eigenvalue weighted by Crippen LogP contribution is -1.99. The topological polar surface area (TPSA) is 63.6 Å². The summed E-state index contributed by atoms with van der Waals surface area (Å²) in [4.78, 5) is 3.97. The average Bonchev–Trinajstić information content (AvgIpc) is 2.07. The second-order valence-electron chi connectivity index (χ2n) is 2.75. The molecule has 0 atom stereocenters. The first-order valence-electron chi connectivity index (χ1n) is 3.76. The third kappa shape index (κ3) is 2.45. The van der Waals surface area contributed by atoms with E-state index in [1.165, 1.54) is 12.1 Å². The molecular formula is C8H9ClO4S. The maximum Gasteiger partial charge on any atom is 0.261 e. The van der Waals surface area contributed by atoms with Gasteiger partial charge in [-0.2, -0.15) is 0 Å². The summed E-state index contributed by atoms with van der Waals surface area (Å²) >= 11 is 0. The Hall–Kier alpha value is -0.620. The van der Waals surface area contributed by atoms with Gasteiger partial charge in [0.1, 0.15) is 6.61 Å². The Morgan fingerprint density at radius 1 is 1.50 bits per heavy atom. The molecule has 0 radical (unpaired) electrons. The van der Waals surface area contributed by atoms with Crippen molar-refractivity contribution in [2.75, 3.05) is 0 Å². The Balaban J connectivity index is 3.28. The number of hydrogen-bond donors (Lipinski definition) is 1. The number of hydrogen-bond acceptors (Lipinski definition) is 4. The molecule has 0 aromatic heterocycles. The van der Waals surface area contributed by atoms with Crippen LogP contribution in [0, 0.1) is 6.92 Å². The average molecular weight is 237 g/mol. The van der Waals surface area contributed by atoms with Crippen LogP contribution in [-0.4, -0.2) is 13.7 Å². The van der Waals surface area contributed by atoms with Gasteiger partial charge in [0.05, 0.1) is 4.90 Å². The molecule has 0 aliphatic rings. The lowest BCUT2D eigenvalue weighted by molar-refractivity contribution is -0.253. The van der Waals surface area contributed by atoms with E-state index in [1.807, 2.05) is 0 Å². The third-order valence-electron chi connectivity index (χ3n) is 1.88. The largest absolute Gasteiger partial charge is 0.261 e. The van der Waals surface area contributed by atoms with Gasteiger partial charge in [-0.1, -0.05) is 12.1 Å². The van der Waals surface area contributed by atoms with Crippen LogP contribution in [0.25, 0.3) is 0 Å². The fraction of sp³-hybridized carbons (Fsp3) is 0.250. The summed E-state index contributed by atoms with van der Waals surface area (Å²) in [6.45, 7) is 1.54. The molecule has 0 spiro atoms. The van der Waals surface area contributed by atoms with Crippen LogP contribution in [0.4, 0.5) is 0 Å². The third-order valence-corrected chi connectivity index (χ3v) is 3.35. The van der Waals surface area contributed by atoms with Gasteiger partial charge in [0.25, 0.3) is 9.05 Å². The van der Waals surface area contributed by atoms with Crippen LogP contribution in [0.3, 0.4) is 0 Å². The van der Waals surface area contributed by atoms with Crippen molar-refractivity contribution < 1.29 is 18.6 Å². The van der Waals surface area contributed by atoms with Crippen molar-refractivity contribution in [3.63, 3.8) is 0 Å². The maximum atomic E-state index is 11.1. The van der Waals surface area contributed by atoms with Crippen molar-refractivity contribution in [1.29, 1.82) is 0 Å². The highest BCUT2D eigenvalue weighted by atomic mass is 35.7. The van der Waals surface area contributed by atoms with Gasteiger partial charge in [0.15, 0.2) is 0 Å². The van der Waals surface area contributed by atoms with E-state index in [0.717, 1.165) is 0 Å². The van der Waals surface area contributed by atoms with Crippen molar-refractivity contribution in [1.82, 2.24) is 0 Å². The van der Waals surface area contributed by atoms with Crippen molar-refractivity contribution in [3.8, 4) is 0 Å². The first-order chi connectivity index (χ1) is 6.46. The second kappa shape index (κ2) is 4.27. The van der Waals surface area contributed by atoms with Crippen molar-refractivity contribution in [2.45, 2.75) is 18.4 Å². The quantitative estimate of drug-likeness (QED) is 0.495. The molecule has 78 valence electrons. The van der Waals surface area contributed by atoms with E-state index >= 15 is 0 Å². The van der Waals surface area contributed by atoms with Crippen molar-refractivity contribution in [3.05, 3.63) is 29.3 Å². The van der Waals surface area contributed by atoms with Crippen LogP contribution in [-0.2, 0) is 20.5 Å². The molecule has 0 amide bonds. The highest BCUT2D eigenvalue weighted by Gasteiger charge is 2.15. The Morgan fingerprint density at radius 3 is 2.64 bits per heavy atom. The van der Waals surface area contributed by atoms with Gasteiger partial charge in [-0.25, -0.2) is 13.3 Å². The zero-order valence-electron chi connectivity index (χ0n) is 7.40. The summed E-state index contributed by atoms with van der Waals surface area (Å²) < 4.78 is 22.1. The molecule has 0 saturated carbocycles. The molecule has 14 heavy (non-hydrogen) atoms. The molecule has 0 saturated heterocycles. The van der Waals surface area contributed by atoms with Crippen molar-refractivity contribution >= 4 is 19.7 Å². The summed E-state index contributed by atoms with van der Waals surface area (Å²) in [6.07, 6.45) is 0. The zero-order valence-corrected chi connectivity index (χ0v) is 8.97. The van der Waals surface area contributed by atoms with Gasteiger partial charge < -0.3 is 0 Å². The number of benzene rings is 1. The molecule has 1 N–H and O–H groups in total. The number of halogens is 1. The highest BCUT2D eigenvalue weighted by Crippen LogP contribution is 2.22. The molecule has 0 bridgehead atoms. The van der Waals surface area contributed by atoms with E-state index in [9.17, 15) is 8.42 Å². The molecule has 1 rings (SSSR count). The van der Waals surface area contributed by atoms with E-state index in [-0.39, 0.29) is 11.5 Å². The lowest BCUT2D eigenvalue weighted by Gasteiger charge is -2.06. The van der Waals surface area contributed by atoms with Gasteiger partial charge in [-0.15, -0.1) is 0 Å². The highest BCUT2D eigenvalue weighted by molar-refractivity contribution is 8.13. The van der Waals surface area contributed by atoms with Crippen LogP contribution >= 0.6 is 10.7 Å². The van der Waals surface area contributed by atoms with Gasteiger partial charge in [0.2, 0.25) is 0 Å². The Kier molecular flexibility index (Phi) is 3.49. The molecular weight excluding hydrogens is 228 g/mol. The van der Waals surface area contributed by atoms with Crippen LogP contribution in [0.2, 0.25) is 0 Å². The molecule has 1 aromatic carbocycles. The smallest absolute Gasteiger partial charge is 0.251 e. The maximum absolute atomic E-state index is 11.1. The molecule has 0 heterocycles. The van der Waals surface area contributed by atoms with Gasteiger partial charge in [-0.05, 0) is 24.1 Å². The predicted octanol–water partition coefficient (Wildman–Crippen LogP) is 1.91. The fourth-order valence-electron chi connectivity index (χ4n) is 1.15.